The van der Waals surface area contributed by atoms with Crippen molar-refractivity contribution >= 4 is 22.5 Å². The third-order valence-corrected chi connectivity index (χ3v) is 3.86. The van der Waals surface area contributed by atoms with Gasteiger partial charge in [-0.15, -0.1) is 0 Å². The highest BCUT2D eigenvalue weighted by Gasteiger charge is 2.03. The average molecular weight is 303 g/mol. The molecule has 0 aliphatic carbocycles. The molecule has 2 N–H and O–H groups in total. The Hall–Kier alpha value is -1.78. The Kier molecular flexibility index (Phi) is 4.58. The summed E-state index contributed by atoms with van der Waals surface area (Å²) in [6, 6.07) is 5.97. The van der Waals surface area contributed by atoms with Gasteiger partial charge >= 0.3 is 0 Å². The van der Waals surface area contributed by atoms with Crippen LogP contribution in [0.25, 0.3) is 10.9 Å². The summed E-state index contributed by atoms with van der Waals surface area (Å²) in [5, 5.41) is 5.50. The first kappa shape index (κ1) is 14.2. The summed E-state index contributed by atoms with van der Waals surface area (Å²) in [7, 11) is 0. The first-order valence-corrected chi connectivity index (χ1v) is 7.63. The van der Waals surface area contributed by atoms with Crippen LogP contribution >= 0.6 is 11.6 Å². The third kappa shape index (κ3) is 3.65. The minimum Gasteiger partial charge on any atom is -0.361 e. The van der Waals surface area contributed by atoms with Crippen molar-refractivity contribution in [2.75, 3.05) is 6.54 Å². The highest BCUT2D eigenvalue weighted by atomic mass is 35.5. The van der Waals surface area contributed by atoms with Crippen molar-refractivity contribution < 1.29 is 0 Å². The van der Waals surface area contributed by atoms with Crippen molar-refractivity contribution in [3.8, 4) is 0 Å². The van der Waals surface area contributed by atoms with E-state index in [2.05, 4.69) is 32.1 Å². The van der Waals surface area contributed by atoms with Crippen LogP contribution in [-0.2, 0) is 13.1 Å². The van der Waals surface area contributed by atoms with Crippen LogP contribution in [0.15, 0.2) is 43.1 Å². The zero-order valence-corrected chi connectivity index (χ0v) is 12.6. The second-order valence-electron chi connectivity index (χ2n) is 5.19. The van der Waals surface area contributed by atoms with E-state index in [-0.39, 0.29) is 0 Å². The van der Waals surface area contributed by atoms with E-state index in [4.69, 9.17) is 11.6 Å². The summed E-state index contributed by atoms with van der Waals surface area (Å²) in [6.45, 7) is 2.94. The lowest BCUT2D eigenvalue weighted by atomic mass is 10.2. The van der Waals surface area contributed by atoms with Gasteiger partial charge in [-0.2, -0.15) is 0 Å². The number of benzene rings is 1. The highest BCUT2D eigenvalue weighted by molar-refractivity contribution is 6.31. The molecule has 21 heavy (non-hydrogen) atoms. The van der Waals surface area contributed by atoms with Crippen LogP contribution in [0.3, 0.4) is 0 Å². The summed E-state index contributed by atoms with van der Waals surface area (Å²) in [5.41, 5.74) is 2.38. The maximum atomic E-state index is 5.99. The normalized spacial score (nSPS) is 11.3. The Morgan fingerprint density at radius 2 is 2.24 bits per heavy atom. The molecule has 0 atom stereocenters. The molecule has 1 aromatic carbocycles. The largest absolute Gasteiger partial charge is 0.361 e. The summed E-state index contributed by atoms with van der Waals surface area (Å²) in [6.07, 6.45) is 10.1. The number of nitrogens with zero attached hydrogens (tertiary/aromatic N) is 2. The number of rotatable bonds is 7. The molecule has 0 saturated heterocycles. The molecule has 0 fully saturated rings. The molecule has 4 nitrogen and oxygen atoms in total. The van der Waals surface area contributed by atoms with Gasteiger partial charge in [-0.3, -0.25) is 0 Å². The Bertz CT molecular complexity index is 687. The molecule has 0 radical (unpaired) electrons. The Balaban J connectivity index is 1.42. The fourth-order valence-electron chi connectivity index (χ4n) is 2.49. The van der Waals surface area contributed by atoms with Crippen molar-refractivity contribution in [2.24, 2.45) is 0 Å². The van der Waals surface area contributed by atoms with Crippen LogP contribution < -0.4 is 5.32 Å². The molecule has 0 spiro atoms. The third-order valence-electron chi connectivity index (χ3n) is 3.62. The second-order valence-corrected chi connectivity index (χ2v) is 5.62. The Morgan fingerprint density at radius 3 is 3.10 bits per heavy atom. The predicted octanol–water partition coefficient (Wildman–Crippen LogP) is 3.59. The van der Waals surface area contributed by atoms with Crippen molar-refractivity contribution in [3.63, 3.8) is 0 Å². The van der Waals surface area contributed by atoms with Crippen molar-refractivity contribution in [1.82, 2.24) is 19.9 Å². The van der Waals surface area contributed by atoms with Crippen molar-refractivity contribution in [3.05, 3.63) is 53.7 Å². The molecule has 110 valence electrons. The minimum absolute atomic E-state index is 0.767. The van der Waals surface area contributed by atoms with Crippen LogP contribution in [0.2, 0.25) is 5.02 Å². The zero-order chi connectivity index (χ0) is 14.5. The average Bonchev–Trinajstić information content (AvgIpc) is 3.12. The summed E-state index contributed by atoms with van der Waals surface area (Å²) < 4.78 is 2.11. The van der Waals surface area contributed by atoms with E-state index < -0.39 is 0 Å². The van der Waals surface area contributed by atoms with Gasteiger partial charge in [0.1, 0.15) is 0 Å². The number of hydrogen-bond acceptors (Lipinski definition) is 2. The standard InChI is InChI=1S/C16H19ClN4/c17-14-3-4-15-13(11-20-16(15)9-14)10-18-5-1-2-7-21-8-6-19-12-21/h3-4,6,8-9,11-12,18,20H,1-2,5,7,10H2. The van der Waals surface area contributed by atoms with Crippen molar-refractivity contribution in [1.29, 1.82) is 0 Å². The number of unbranched alkanes of at least 4 members (excludes halogenated alkanes) is 1. The van der Waals surface area contributed by atoms with Gasteiger partial charge in [0.15, 0.2) is 0 Å². The summed E-state index contributed by atoms with van der Waals surface area (Å²) >= 11 is 5.99. The fourth-order valence-corrected chi connectivity index (χ4v) is 2.66. The van der Waals surface area contributed by atoms with Gasteiger partial charge < -0.3 is 14.9 Å². The molecule has 0 amide bonds. The van der Waals surface area contributed by atoms with Crippen molar-refractivity contribution in [2.45, 2.75) is 25.9 Å². The number of fused-ring (bicyclic) bond motifs is 1. The van der Waals surface area contributed by atoms with E-state index in [0.717, 1.165) is 43.0 Å². The molecule has 0 unspecified atom stereocenters. The molecular formula is C16H19ClN4. The fraction of sp³-hybridized carbons (Fsp3) is 0.312. The van der Waals surface area contributed by atoms with Crippen LogP contribution in [-0.4, -0.2) is 21.1 Å². The molecular weight excluding hydrogens is 284 g/mol. The summed E-state index contributed by atoms with van der Waals surface area (Å²) in [5.74, 6) is 0. The Labute approximate surface area is 129 Å². The first-order valence-electron chi connectivity index (χ1n) is 7.25. The maximum absolute atomic E-state index is 5.99. The number of aromatic amines is 1. The van der Waals surface area contributed by atoms with Crippen LogP contribution in [0, 0.1) is 0 Å². The topological polar surface area (TPSA) is 45.6 Å². The molecule has 3 aromatic rings. The number of imidazole rings is 1. The van der Waals surface area contributed by atoms with E-state index in [1.54, 1.807) is 0 Å². The van der Waals surface area contributed by atoms with Gasteiger partial charge in [0.25, 0.3) is 0 Å². The van der Waals surface area contributed by atoms with E-state index in [1.165, 1.54) is 10.9 Å². The SMILES string of the molecule is Clc1ccc2c(CNCCCCn3ccnc3)c[nH]c2c1. The van der Waals surface area contributed by atoms with E-state index in [1.807, 2.05) is 30.9 Å². The van der Waals surface area contributed by atoms with E-state index in [9.17, 15) is 0 Å². The quantitative estimate of drug-likeness (QED) is 0.655. The monoisotopic (exact) mass is 302 g/mol. The lowest BCUT2D eigenvalue weighted by molar-refractivity contribution is 0.569. The lowest BCUT2D eigenvalue weighted by Gasteiger charge is -2.05. The summed E-state index contributed by atoms with van der Waals surface area (Å²) in [4.78, 5) is 7.31. The minimum atomic E-state index is 0.767. The number of nitrogens with one attached hydrogen (secondary N) is 2. The lowest BCUT2D eigenvalue weighted by Crippen LogP contribution is -2.14. The molecule has 0 aliphatic rings. The smallest absolute Gasteiger partial charge is 0.0945 e. The molecule has 0 saturated carbocycles. The Morgan fingerprint density at radius 1 is 1.29 bits per heavy atom. The molecule has 3 rings (SSSR count). The van der Waals surface area contributed by atoms with Gasteiger partial charge in [0.2, 0.25) is 0 Å². The predicted molar refractivity (Wildman–Crippen MR) is 86.5 cm³/mol. The first-order chi connectivity index (χ1) is 10.3. The number of aromatic nitrogens is 3. The number of halogens is 1. The molecule has 5 heteroatoms. The van der Waals surface area contributed by atoms with Gasteiger partial charge in [-0.05, 0) is 37.1 Å². The second kappa shape index (κ2) is 6.78. The molecule has 0 bridgehead atoms. The van der Waals surface area contributed by atoms with E-state index >= 15 is 0 Å². The van der Waals surface area contributed by atoms with Gasteiger partial charge in [0, 0.05) is 47.6 Å². The van der Waals surface area contributed by atoms with Gasteiger partial charge in [-0.1, -0.05) is 17.7 Å². The van der Waals surface area contributed by atoms with Crippen LogP contribution in [0.5, 0.6) is 0 Å². The highest BCUT2D eigenvalue weighted by Crippen LogP contribution is 2.21. The molecule has 2 aromatic heterocycles. The van der Waals surface area contributed by atoms with Crippen LogP contribution in [0.4, 0.5) is 0 Å². The van der Waals surface area contributed by atoms with Gasteiger partial charge in [-0.25, -0.2) is 4.98 Å². The van der Waals surface area contributed by atoms with Gasteiger partial charge in [0.05, 0.1) is 6.33 Å². The number of H-pyrrole nitrogens is 1. The number of hydrogen-bond donors (Lipinski definition) is 2. The van der Waals surface area contributed by atoms with Crippen LogP contribution in [0.1, 0.15) is 18.4 Å². The molecule has 2 heterocycles. The zero-order valence-electron chi connectivity index (χ0n) is 11.8. The maximum Gasteiger partial charge on any atom is 0.0945 e. The van der Waals surface area contributed by atoms with E-state index in [0.29, 0.717) is 0 Å². The molecule has 0 aliphatic heterocycles. The number of aryl methyl sites for hydroxylation is 1.